The largest absolute Gasteiger partial charge is 0.460 e. The molecule has 2 unspecified atom stereocenters. The minimum Gasteiger partial charge on any atom is -0.460 e. The number of nitrogens with one attached hydrogen (secondary N) is 2. The standard InChI is InChI=1S/C16H30N2O4/c1-5-8-10-17-15(21-4)12-13(16(20)22-11-7-3)18-14(19)9-6-2/h7,13,15,17H,3,5-6,8-12H2,1-2,4H3,(H,18,19). The van der Waals surface area contributed by atoms with E-state index in [0.29, 0.717) is 12.8 Å². The Kier molecular flexibility index (Phi) is 12.4. The molecule has 6 heteroatoms. The molecule has 0 saturated carbocycles. The van der Waals surface area contributed by atoms with Crippen LogP contribution >= 0.6 is 0 Å². The third-order valence-corrected chi connectivity index (χ3v) is 3.08. The predicted octanol–water partition coefficient (Wildman–Crippen LogP) is 1.75. The van der Waals surface area contributed by atoms with Gasteiger partial charge in [0, 0.05) is 20.0 Å². The highest BCUT2D eigenvalue weighted by Crippen LogP contribution is 2.04. The van der Waals surface area contributed by atoms with E-state index in [1.54, 1.807) is 7.11 Å². The van der Waals surface area contributed by atoms with Crippen LogP contribution in [0.5, 0.6) is 0 Å². The number of hydrogen-bond acceptors (Lipinski definition) is 5. The molecule has 0 spiro atoms. The van der Waals surface area contributed by atoms with Crippen molar-refractivity contribution in [2.75, 3.05) is 20.3 Å². The minimum absolute atomic E-state index is 0.125. The number of rotatable bonds is 13. The Bertz CT molecular complexity index is 334. The van der Waals surface area contributed by atoms with Crippen molar-refractivity contribution < 1.29 is 19.1 Å². The molecule has 0 fully saturated rings. The number of ether oxygens (including phenoxy) is 2. The normalized spacial score (nSPS) is 13.2. The Morgan fingerprint density at radius 1 is 1.27 bits per heavy atom. The fourth-order valence-corrected chi connectivity index (χ4v) is 1.87. The molecular weight excluding hydrogens is 284 g/mol. The topological polar surface area (TPSA) is 76.7 Å². The van der Waals surface area contributed by atoms with Crippen molar-refractivity contribution in [1.29, 1.82) is 0 Å². The molecular formula is C16H30N2O4. The fraction of sp³-hybridized carbons (Fsp3) is 0.750. The maximum Gasteiger partial charge on any atom is 0.329 e. The van der Waals surface area contributed by atoms with E-state index in [0.717, 1.165) is 25.8 Å². The molecule has 128 valence electrons. The third-order valence-electron chi connectivity index (χ3n) is 3.08. The van der Waals surface area contributed by atoms with Gasteiger partial charge in [-0.1, -0.05) is 32.9 Å². The quantitative estimate of drug-likeness (QED) is 0.234. The maximum atomic E-state index is 12.1. The molecule has 0 aliphatic rings. The van der Waals surface area contributed by atoms with Gasteiger partial charge in [-0.3, -0.25) is 10.1 Å². The average molecular weight is 314 g/mol. The van der Waals surface area contributed by atoms with Crippen LogP contribution in [0.25, 0.3) is 0 Å². The number of unbranched alkanes of at least 4 members (excludes halogenated alkanes) is 1. The molecule has 0 rings (SSSR count). The Morgan fingerprint density at radius 3 is 2.55 bits per heavy atom. The predicted molar refractivity (Wildman–Crippen MR) is 86.3 cm³/mol. The van der Waals surface area contributed by atoms with E-state index in [2.05, 4.69) is 24.1 Å². The number of methoxy groups -OCH3 is 1. The highest BCUT2D eigenvalue weighted by molar-refractivity contribution is 5.84. The molecule has 0 radical (unpaired) electrons. The van der Waals surface area contributed by atoms with Gasteiger partial charge in [0.1, 0.15) is 18.9 Å². The van der Waals surface area contributed by atoms with E-state index in [9.17, 15) is 9.59 Å². The summed E-state index contributed by atoms with van der Waals surface area (Å²) in [6.07, 6.45) is 4.71. The second kappa shape index (κ2) is 13.3. The molecule has 2 N–H and O–H groups in total. The first-order chi connectivity index (χ1) is 10.6. The van der Waals surface area contributed by atoms with Crippen molar-refractivity contribution in [3.05, 3.63) is 12.7 Å². The number of hydrogen-bond donors (Lipinski definition) is 2. The van der Waals surface area contributed by atoms with Gasteiger partial charge >= 0.3 is 5.97 Å². The SMILES string of the molecule is C=CCOC(=O)C(CC(NCCCC)OC)NC(=O)CCC. The summed E-state index contributed by atoms with van der Waals surface area (Å²) >= 11 is 0. The van der Waals surface area contributed by atoms with Gasteiger partial charge in [0.2, 0.25) is 5.91 Å². The summed E-state index contributed by atoms with van der Waals surface area (Å²) in [5, 5.41) is 5.93. The molecule has 2 atom stereocenters. The monoisotopic (exact) mass is 314 g/mol. The molecule has 0 aliphatic carbocycles. The van der Waals surface area contributed by atoms with E-state index in [1.807, 2.05) is 6.92 Å². The summed E-state index contributed by atoms with van der Waals surface area (Å²) < 4.78 is 10.4. The molecule has 22 heavy (non-hydrogen) atoms. The fourth-order valence-electron chi connectivity index (χ4n) is 1.87. The Hall–Kier alpha value is -1.40. The summed E-state index contributed by atoms with van der Waals surface area (Å²) in [5.74, 6) is -0.629. The Morgan fingerprint density at radius 2 is 2.00 bits per heavy atom. The summed E-state index contributed by atoms with van der Waals surface area (Å²) in [6.45, 7) is 8.44. The van der Waals surface area contributed by atoms with Crippen LogP contribution in [0.4, 0.5) is 0 Å². The van der Waals surface area contributed by atoms with Crippen molar-refractivity contribution >= 4 is 11.9 Å². The molecule has 0 saturated heterocycles. The van der Waals surface area contributed by atoms with Crippen LogP contribution in [0.3, 0.4) is 0 Å². The van der Waals surface area contributed by atoms with E-state index in [1.165, 1.54) is 6.08 Å². The zero-order valence-electron chi connectivity index (χ0n) is 14.0. The van der Waals surface area contributed by atoms with E-state index in [-0.39, 0.29) is 18.7 Å². The lowest BCUT2D eigenvalue weighted by atomic mass is 10.1. The van der Waals surface area contributed by atoms with Crippen molar-refractivity contribution in [2.45, 2.75) is 58.2 Å². The van der Waals surface area contributed by atoms with Crippen LogP contribution in [-0.2, 0) is 19.1 Å². The van der Waals surface area contributed by atoms with Gasteiger partial charge in [-0.15, -0.1) is 0 Å². The van der Waals surface area contributed by atoms with Crippen LogP contribution in [0, 0.1) is 0 Å². The van der Waals surface area contributed by atoms with Gasteiger partial charge in [0.15, 0.2) is 0 Å². The zero-order chi connectivity index (χ0) is 16.8. The van der Waals surface area contributed by atoms with Crippen LogP contribution < -0.4 is 10.6 Å². The first kappa shape index (κ1) is 20.6. The molecule has 0 aliphatic heterocycles. The maximum absolute atomic E-state index is 12.1. The van der Waals surface area contributed by atoms with Crippen molar-refractivity contribution in [3.8, 4) is 0 Å². The second-order valence-electron chi connectivity index (χ2n) is 5.06. The highest BCUT2D eigenvalue weighted by Gasteiger charge is 2.25. The lowest BCUT2D eigenvalue weighted by Crippen LogP contribution is -2.47. The summed E-state index contributed by atoms with van der Waals surface area (Å²) in [6, 6.07) is -0.724. The number of carbonyl (C=O) groups is 2. The smallest absolute Gasteiger partial charge is 0.329 e. The van der Waals surface area contributed by atoms with Crippen LogP contribution in [-0.4, -0.2) is 44.4 Å². The molecule has 6 nitrogen and oxygen atoms in total. The van der Waals surface area contributed by atoms with Crippen LogP contribution in [0.15, 0.2) is 12.7 Å². The Labute approximate surface area is 133 Å². The third kappa shape index (κ3) is 9.52. The van der Waals surface area contributed by atoms with Gasteiger partial charge in [-0.05, 0) is 19.4 Å². The minimum atomic E-state index is -0.724. The second-order valence-corrected chi connectivity index (χ2v) is 5.06. The van der Waals surface area contributed by atoms with Crippen molar-refractivity contribution in [3.63, 3.8) is 0 Å². The van der Waals surface area contributed by atoms with Gasteiger partial charge < -0.3 is 14.8 Å². The van der Waals surface area contributed by atoms with Crippen molar-refractivity contribution in [2.24, 2.45) is 0 Å². The lowest BCUT2D eigenvalue weighted by Gasteiger charge is -2.23. The number of esters is 1. The van der Waals surface area contributed by atoms with E-state index < -0.39 is 12.0 Å². The van der Waals surface area contributed by atoms with Crippen LogP contribution in [0.2, 0.25) is 0 Å². The van der Waals surface area contributed by atoms with E-state index in [4.69, 9.17) is 9.47 Å². The summed E-state index contributed by atoms with van der Waals surface area (Å²) in [7, 11) is 1.57. The van der Waals surface area contributed by atoms with Crippen LogP contribution in [0.1, 0.15) is 46.0 Å². The van der Waals surface area contributed by atoms with Crippen molar-refractivity contribution in [1.82, 2.24) is 10.6 Å². The molecule has 0 aromatic heterocycles. The summed E-state index contributed by atoms with van der Waals surface area (Å²) in [5.41, 5.74) is 0. The first-order valence-electron chi connectivity index (χ1n) is 7.92. The zero-order valence-corrected chi connectivity index (χ0v) is 14.0. The highest BCUT2D eigenvalue weighted by atomic mass is 16.5. The molecule has 0 bridgehead atoms. The van der Waals surface area contributed by atoms with Gasteiger partial charge in [0.05, 0.1) is 0 Å². The molecule has 1 amide bonds. The molecule has 0 heterocycles. The van der Waals surface area contributed by atoms with E-state index >= 15 is 0 Å². The Balaban J connectivity index is 4.61. The van der Waals surface area contributed by atoms with Gasteiger partial charge in [0.25, 0.3) is 0 Å². The summed E-state index contributed by atoms with van der Waals surface area (Å²) in [4.78, 5) is 23.8. The lowest BCUT2D eigenvalue weighted by molar-refractivity contribution is -0.148. The number of carbonyl (C=O) groups excluding carboxylic acids is 2. The first-order valence-corrected chi connectivity index (χ1v) is 7.92. The molecule has 0 aromatic rings. The molecule has 0 aromatic carbocycles. The average Bonchev–Trinajstić information content (AvgIpc) is 2.51. The van der Waals surface area contributed by atoms with Gasteiger partial charge in [-0.25, -0.2) is 4.79 Å². The van der Waals surface area contributed by atoms with Gasteiger partial charge in [-0.2, -0.15) is 0 Å². The number of amides is 1.